The molecular formula is C20H16N2O2S2. The molecule has 0 aliphatic heterocycles. The number of hydrogen-bond acceptors (Lipinski definition) is 6. The van der Waals surface area contributed by atoms with Crippen LogP contribution in [0, 0.1) is 13.8 Å². The van der Waals surface area contributed by atoms with E-state index in [1.54, 1.807) is 0 Å². The molecule has 0 spiro atoms. The van der Waals surface area contributed by atoms with Gasteiger partial charge in [0.2, 0.25) is 10.2 Å². The Morgan fingerprint density at radius 2 is 1.00 bits per heavy atom. The SMILES string of the molecule is Cc1noc(SSc2onc(C)c2-c2ccccc2)c1-c1ccccc1. The van der Waals surface area contributed by atoms with Gasteiger partial charge in [-0.1, -0.05) is 71.0 Å². The minimum Gasteiger partial charge on any atom is -0.348 e. The maximum atomic E-state index is 5.55. The standard InChI is InChI=1S/C20H16N2O2S2/c1-13-17(15-9-5-3-6-10-15)19(23-21-13)25-26-20-18(14(2)22-24-20)16-11-7-4-8-12-16/h3-12H,1-2H3. The Morgan fingerprint density at radius 3 is 1.38 bits per heavy atom. The van der Waals surface area contributed by atoms with Gasteiger partial charge in [0.15, 0.2) is 0 Å². The summed E-state index contributed by atoms with van der Waals surface area (Å²) in [7, 11) is 2.98. The number of aromatic nitrogens is 2. The zero-order valence-electron chi connectivity index (χ0n) is 14.3. The van der Waals surface area contributed by atoms with Gasteiger partial charge in [-0.2, -0.15) is 0 Å². The van der Waals surface area contributed by atoms with Gasteiger partial charge < -0.3 is 9.05 Å². The van der Waals surface area contributed by atoms with Crippen molar-refractivity contribution in [2.24, 2.45) is 0 Å². The summed E-state index contributed by atoms with van der Waals surface area (Å²) in [5.74, 6) is 0. The highest BCUT2D eigenvalue weighted by Crippen LogP contribution is 2.46. The molecule has 0 saturated carbocycles. The Labute approximate surface area is 159 Å². The summed E-state index contributed by atoms with van der Waals surface area (Å²) < 4.78 is 11.1. The Balaban J connectivity index is 1.62. The molecule has 0 N–H and O–H groups in total. The zero-order valence-corrected chi connectivity index (χ0v) is 15.9. The normalized spacial score (nSPS) is 11.0. The summed E-state index contributed by atoms with van der Waals surface area (Å²) in [6.07, 6.45) is 0. The molecule has 2 aromatic carbocycles. The van der Waals surface area contributed by atoms with Crippen LogP contribution in [0.1, 0.15) is 11.4 Å². The molecule has 0 bridgehead atoms. The molecule has 0 atom stereocenters. The first-order valence-corrected chi connectivity index (χ1v) is 10.3. The van der Waals surface area contributed by atoms with Crippen LogP contribution in [0.15, 0.2) is 79.9 Å². The molecule has 130 valence electrons. The first-order chi connectivity index (χ1) is 12.7. The van der Waals surface area contributed by atoms with E-state index in [1.165, 1.54) is 21.6 Å². The van der Waals surface area contributed by atoms with Crippen LogP contribution >= 0.6 is 21.6 Å². The largest absolute Gasteiger partial charge is 0.348 e. The van der Waals surface area contributed by atoms with Crippen molar-refractivity contribution in [1.29, 1.82) is 0 Å². The van der Waals surface area contributed by atoms with Crippen molar-refractivity contribution in [2.45, 2.75) is 24.0 Å². The van der Waals surface area contributed by atoms with E-state index in [9.17, 15) is 0 Å². The highest BCUT2D eigenvalue weighted by Gasteiger charge is 2.20. The van der Waals surface area contributed by atoms with Gasteiger partial charge in [-0.15, -0.1) is 0 Å². The summed E-state index contributed by atoms with van der Waals surface area (Å²) in [4.78, 5) is 0. The minimum absolute atomic E-state index is 0.756. The lowest BCUT2D eigenvalue weighted by molar-refractivity contribution is 0.346. The van der Waals surface area contributed by atoms with E-state index in [0.29, 0.717) is 0 Å². The molecule has 0 unspecified atom stereocenters. The molecule has 0 amide bonds. The molecule has 2 heterocycles. The molecule has 6 heteroatoms. The van der Waals surface area contributed by atoms with Crippen molar-refractivity contribution in [2.75, 3.05) is 0 Å². The second kappa shape index (κ2) is 7.43. The van der Waals surface area contributed by atoms with Crippen LogP contribution < -0.4 is 0 Å². The van der Waals surface area contributed by atoms with Gasteiger partial charge in [-0.05, 0) is 46.6 Å². The topological polar surface area (TPSA) is 52.1 Å². The summed E-state index contributed by atoms with van der Waals surface area (Å²) in [5.41, 5.74) is 5.95. The van der Waals surface area contributed by atoms with Crippen LogP contribution in [0.5, 0.6) is 0 Å². The van der Waals surface area contributed by atoms with Crippen molar-refractivity contribution < 1.29 is 9.05 Å². The fourth-order valence-corrected chi connectivity index (χ4v) is 4.87. The average molecular weight is 380 g/mol. The first kappa shape index (κ1) is 17.0. The molecule has 0 radical (unpaired) electrons. The van der Waals surface area contributed by atoms with Crippen LogP contribution in [0.2, 0.25) is 0 Å². The predicted octanol–water partition coefficient (Wildman–Crippen LogP) is 6.41. The van der Waals surface area contributed by atoms with E-state index < -0.39 is 0 Å². The molecule has 4 nitrogen and oxygen atoms in total. The molecule has 2 aromatic heterocycles. The minimum atomic E-state index is 0.756. The Morgan fingerprint density at radius 1 is 0.615 bits per heavy atom. The first-order valence-electron chi connectivity index (χ1n) is 8.12. The van der Waals surface area contributed by atoms with E-state index in [-0.39, 0.29) is 0 Å². The van der Waals surface area contributed by atoms with Crippen LogP contribution in [0.25, 0.3) is 22.3 Å². The average Bonchev–Trinajstić information content (AvgIpc) is 3.23. The van der Waals surface area contributed by atoms with Gasteiger partial charge >= 0.3 is 0 Å². The summed E-state index contributed by atoms with van der Waals surface area (Å²) in [6.45, 7) is 3.91. The highest BCUT2D eigenvalue weighted by atomic mass is 33.1. The second-order valence-corrected chi connectivity index (χ2v) is 7.83. The van der Waals surface area contributed by atoms with Crippen LogP contribution in [0.4, 0.5) is 0 Å². The van der Waals surface area contributed by atoms with E-state index in [4.69, 9.17) is 9.05 Å². The summed E-state index contributed by atoms with van der Waals surface area (Å²) >= 11 is 0. The van der Waals surface area contributed by atoms with E-state index in [0.717, 1.165) is 43.8 Å². The number of hydrogen-bond donors (Lipinski definition) is 0. The number of aryl methyl sites for hydroxylation is 2. The fraction of sp³-hybridized carbons (Fsp3) is 0.100. The number of rotatable bonds is 5. The second-order valence-electron chi connectivity index (χ2n) is 5.76. The number of benzene rings is 2. The number of nitrogens with zero attached hydrogens (tertiary/aromatic N) is 2. The fourth-order valence-electron chi connectivity index (χ4n) is 2.75. The Bertz CT molecular complexity index is 927. The van der Waals surface area contributed by atoms with Gasteiger partial charge in [0.05, 0.1) is 22.5 Å². The maximum absolute atomic E-state index is 5.55. The summed E-state index contributed by atoms with van der Waals surface area (Å²) in [6, 6.07) is 20.3. The van der Waals surface area contributed by atoms with Gasteiger partial charge in [-0.25, -0.2) is 0 Å². The lowest BCUT2D eigenvalue weighted by Crippen LogP contribution is -1.81. The third-order valence-electron chi connectivity index (χ3n) is 3.98. The van der Waals surface area contributed by atoms with Crippen molar-refractivity contribution in [3.8, 4) is 22.3 Å². The molecule has 0 aliphatic rings. The van der Waals surface area contributed by atoms with Gasteiger partial charge in [-0.3, -0.25) is 0 Å². The molecular weight excluding hydrogens is 364 g/mol. The molecule has 4 rings (SSSR count). The lowest BCUT2D eigenvalue weighted by Gasteiger charge is -2.03. The van der Waals surface area contributed by atoms with Crippen LogP contribution in [-0.4, -0.2) is 10.3 Å². The Kier molecular flexibility index (Phi) is 4.86. The molecule has 0 aliphatic carbocycles. The zero-order chi connectivity index (χ0) is 17.9. The van der Waals surface area contributed by atoms with Crippen molar-refractivity contribution >= 4 is 21.6 Å². The molecule has 26 heavy (non-hydrogen) atoms. The molecule has 4 aromatic rings. The smallest absolute Gasteiger partial charge is 0.212 e. The monoisotopic (exact) mass is 380 g/mol. The molecule has 0 saturated heterocycles. The third kappa shape index (κ3) is 3.30. The van der Waals surface area contributed by atoms with Crippen molar-refractivity contribution in [3.05, 3.63) is 72.1 Å². The van der Waals surface area contributed by atoms with Crippen LogP contribution in [0.3, 0.4) is 0 Å². The van der Waals surface area contributed by atoms with Crippen molar-refractivity contribution in [3.63, 3.8) is 0 Å². The molecule has 0 fully saturated rings. The van der Waals surface area contributed by atoms with Gasteiger partial charge in [0.1, 0.15) is 0 Å². The predicted molar refractivity (Wildman–Crippen MR) is 105 cm³/mol. The highest BCUT2D eigenvalue weighted by molar-refractivity contribution is 8.76. The van der Waals surface area contributed by atoms with E-state index >= 15 is 0 Å². The van der Waals surface area contributed by atoms with E-state index in [2.05, 4.69) is 34.6 Å². The van der Waals surface area contributed by atoms with Gasteiger partial charge in [0, 0.05) is 0 Å². The summed E-state index contributed by atoms with van der Waals surface area (Å²) in [5, 5.41) is 9.78. The van der Waals surface area contributed by atoms with Crippen molar-refractivity contribution in [1.82, 2.24) is 10.3 Å². The van der Waals surface area contributed by atoms with Gasteiger partial charge in [0.25, 0.3) is 0 Å². The maximum Gasteiger partial charge on any atom is 0.212 e. The third-order valence-corrected chi connectivity index (χ3v) is 6.08. The lowest BCUT2D eigenvalue weighted by atomic mass is 10.1. The van der Waals surface area contributed by atoms with E-state index in [1.807, 2.05) is 50.2 Å². The Hall–Kier alpha value is -2.44. The quantitative estimate of drug-likeness (QED) is 0.373. The van der Waals surface area contributed by atoms with Crippen LogP contribution in [-0.2, 0) is 0 Å².